The predicted octanol–water partition coefficient (Wildman–Crippen LogP) is 2.66. The minimum atomic E-state index is -0.105. The predicted molar refractivity (Wildman–Crippen MR) is 67.2 cm³/mol. The van der Waals surface area contributed by atoms with E-state index in [0.29, 0.717) is 12.2 Å². The molecule has 0 aromatic carbocycles. The monoisotopic (exact) mass is 229 g/mol. The van der Waals surface area contributed by atoms with E-state index in [1.807, 2.05) is 24.3 Å². The third kappa shape index (κ3) is 3.21. The van der Waals surface area contributed by atoms with Gasteiger partial charge in [0, 0.05) is 18.7 Å². The van der Waals surface area contributed by atoms with Crippen LogP contribution < -0.4 is 5.32 Å². The van der Waals surface area contributed by atoms with Gasteiger partial charge in [0.25, 0.3) is 0 Å². The fourth-order valence-corrected chi connectivity index (χ4v) is 1.81. The van der Waals surface area contributed by atoms with E-state index in [-0.39, 0.29) is 5.91 Å². The van der Waals surface area contributed by atoms with Gasteiger partial charge in [-0.15, -0.1) is 0 Å². The number of carbonyl (C=O) groups excluding carboxylic acids is 1. The molecule has 0 aromatic rings. The molecule has 1 heterocycles. The fraction of sp³-hybridized carbons (Fsp3) is 0.214. The van der Waals surface area contributed by atoms with Crippen molar-refractivity contribution in [1.29, 1.82) is 0 Å². The molecule has 0 spiro atoms. The number of amides is 1. The normalized spacial score (nSPS) is 25.4. The van der Waals surface area contributed by atoms with E-state index >= 15 is 0 Å². The van der Waals surface area contributed by atoms with Gasteiger partial charge in [-0.1, -0.05) is 24.3 Å². The molecule has 0 saturated heterocycles. The van der Waals surface area contributed by atoms with Crippen molar-refractivity contribution in [3.63, 3.8) is 0 Å². The Bertz CT molecular complexity index is 465. The zero-order valence-electron chi connectivity index (χ0n) is 9.52. The minimum Gasteiger partial charge on any atom is -0.512 e. The SMILES string of the molecule is O=C1/C=C(/C2=CCC(O)=CC=C2)CC/C=C\N1. The van der Waals surface area contributed by atoms with E-state index < -0.39 is 0 Å². The first-order valence-electron chi connectivity index (χ1n) is 5.68. The lowest BCUT2D eigenvalue weighted by atomic mass is 9.98. The molecule has 2 rings (SSSR count). The molecule has 0 atom stereocenters. The van der Waals surface area contributed by atoms with E-state index in [9.17, 15) is 9.90 Å². The van der Waals surface area contributed by atoms with E-state index in [2.05, 4.69) is 5.32 Å². The van der Waals surface area contributed by atoms with Crippen molar-refractivity contribution in [2.24, 2.45) is 0 Å². The average molecular weight is 229 g/mol. The largest absolute Gasteiger partial charge is 0.512 e. The van der Waals surface area contributed by atoms with Crippen LogP contribution in [0.25, 0.3) is 0 Å². The molecule has 0 radical (unpaired) electrons. The average Bonchev–Trinajstić information content (AvgIpc) is 2.48. The Labute approximate surface area is 101 Å². The van der Waals surface area contributed by atoms with Gasteiger partial charge in [-0.25, -0.2) is 0 Å². The molecular weight excluding hydrogens is 214 g/mol. The van der Waals surface area contributed by atoms with Gasteiger partial charge in [-0.2, -0.15) is 0 Å². The number of allylic oxidation sites excluding steroid dienone is 7. The van der Waals surface area contributed by atoms with Crippen LogP contribution in [-0.4, -0.2) is 11.0 Å². The molecule has 0 fully saturated rings. The maximum Gasteiger partial charge on any atom is 0.248 e. The highest BCUT2D eigenvalue weighted by Gasteiger charge is 2.08. The summed E-state index contributed by atoms with van der Waals surface area (Å²) in [7, 11) is 0. The first-order valence-corrected chi connectivity index (χ1v) is 5.68. The smallest absolute Gasteiger partial charge is 0.248 e. The summed E-state index contributed by atoms with van der Waals surface area (Å²) in [5, 5.41) is 12.1. The number of aliphatic hydroxyl groups excluding tert-OH is 1. The number of nitrogens with one attached hydrogen (secondary N) is 1. The molecule has 0 unspecified atom stereocenters. The molecule has 1 aliphatic carbocycles. The van der Waals surface area contributed by atoms with Crippen LogP contribution in [0.15, 0.2) is 59.6 Å². The third-order valence-corrected chi connectivity index (χ3v) is 2.70. The van der Waals surface area contributed by atoms with Crippen molar-refractivity contribution in [2.75, 3.05) is 0 Å². The second-order valence-electron chi connectivity index (χ2n) is 4.00. The molecule has 1 aliphatic heterocycles. The topological polar surface area (TPSA) is 49.3 Å². The Morgan fingerprint density at radius 1 is 1.35 bits per heavy atom. The van der Waals surface area contributed by atoms with E-state index in [4.69, 9.17) is 0 Å². The summed E-state index contributed by atoms with van der Waals surface area (Å²) < 4.78 is 0. The van der Waals surface area contributed by atoms with Crippen LogP contribution in [0.5, 0.6) is 0 Å². The third-order valence-electron chi connectivity index (χ3n) is 2.70. The second-order valence-corrected chi connectivity index (χ2v) is 4.00. The van der Waals surface area contributed by atoms with Crippen molar-refractivity contribution >= 4 is 5.91 Å². The maximum absolute atomic E-state index is 11.5. The number of hydrogen-bond acceptors (Lipinski definition) is 2. The van der Waals surface area contributed by atoms with Crippen LogP contribution in [0.4, 0.5) is 0 Å². The molecular formula is C14H15NO2. The molecule has 2 N–H and O–H groups in total. The van der Waals surface area contributed by atoms with Gasteiger partial charge in [-0.05, 0) is 30.1 Å². The Morgan fingerprint density at radius 2 is 2.24 bits per heavy atom. The number of hydrogen-bond donors (Lipinski definition) is 2. The van der Waals surface area contributed by atoms with Crippen LogP contribution in [-0.2, 0) is 4.79 Å². The van der Waals surface area contributed by atoms with E-state index in [0.717, 1.165) is 24.0 Å². The minimum absolute atomic E-state index is 0.105. The molecule has 2 aliphatic rings. The highest BCUT2D eigenvalue weighted by atomic mass is 16.3. The van der Waals surface area contributed by atoms with Gasteiger partial charge < -0.3 is 10.4 Å². The van der Waals surface area contributed by atoms with Gasteiger partial charge in [0.1, 0.15) is 0 Å². The van der Waals surface area contributed by atoms with Crippen LogP contribution in [0, 0.1) is 0 Å². The van der Waals surface area contributed by atoms with Gasteiger partial charge in [0.2, 0.25) is 5.91 Å². The summed E-state index contributed by atoms with van der Waals surface area (Å²) in [6.45, 7) is 0. The van der Waals surface area contributed by atoms with E-state index in [1.54, 1.807) is 18.4 Å². The molecule has 3 heteroatoms. The summed E-state index contributed by atoms with van der Waals surface area (Å²) in [6, 6.07) is 0. The highest BCUT2D eigenvalue weighted by molar-refractivity contribution is 5.90. The van der Waals surface area contributed by atoms with Crippen molar-refractivity contribution in [1.82, 2.24) is 5.32 Å². The van der Waals surface area contributed by atoms with Crippen molar-refractivity contribution in [3.8, 4) is 0 Å². The number of carbonyl (C=O) groups is 1. The lowest BCUT2D eigenvalue weighted by Gasteiger charge is -2.09. The molecule has 0 bridgehead atoms. The summed E-state index contributed by atoms with van der Waals surface area (Å²) in [4.78, 5) is 11.5. The molecule has 0 aromatic heterocycles. The van der Waals surface area contributed by atoms with Crippen LogP contribution in [0.2, 0.25) is 0 Å². The van der Waals surface area contributed by atoms with Crippen LogP contribution in [0.1, 0.15) is 19.3 Å². The Hall–Kier alpha value is -2.03. The van der Waals surface area contributed by atoms with E-state index in [1.165, 1.54) is 0 Å². The first kappa shape index (κ1) is 11.5. The maximum atomic E-state index is 11.5. The van der Waals surface area contributed by atoms with Gasteiger partial charge in [0.15, 0.2) is 0 Å². The molecule has 3 nitrogen and oxygen atoms in total. The number of aliphatic hydroxyl groups is 1. The summed E-state index contributed by atoms with van der Waals surface area (Å²) in [5.41, 5.74) is 2.02. The van der Waals surface area contributed by atoms with Gasteiger partial charge in [-0.3, -0.25) is 4.79 Å². The molecule has 17 heavy (non-hydrogen) atoms. The fourth-order valence-electron chi connectivity index (χ4n) is 1.81. The van der Waals surface area contributed by atoms with Gasteiger partial charge in [0.05, 0.1) is 5.76 Å². The summed E-state index contributed by atoms with van der Waals surface area (Å²) >= 11 is 0. The second kappa shape index (κ2) is 5.34. The van der Waals surface area contributed by atoms with Crippen LogP contribution in [0.3, 0.4) is 0 Å². The lowest BCUT2D eigenvalue weighted by Crippen LogP contribution is -2.15. The Balaban J connectivity index is 2.21. The molecule has 88 valence electrons. The highest BCUT2D eigenvalue weighted by Crippen LogP contribution is 2.22. The summed E-state index contributed by atoms with van der Waals surface area (Å²) in [6.07, 6.45) is 14.8. The zero-order valence-corrected chi connectivity index (χ0v) is 9.52. The molecule has 1 amide bonds. The lowest BCUT2D eigenvalue weighted by molar-refractivity contribution is -0.115. The quantitative estimate of drug-likeness (QED) is 0.726. The standard InChI is InChI=1S/C14H15NO2/c16-13-6-3-5-11(7-8-13)12-4-1-2-9-15-14(17)10-12/h2-3,5-7,9-10,16H,1,4,8H2,(H,15,17)/b9-2-,12-10+. The van der Waals surface area contributed by atoms with Crippen molar-refractivity contribution in [3.05, 3.63) is 59.6 Å². The Kier molecular flexibility index (Phi) is 3.60. The molecule has 0 saturated carbocycles. The first-order chi connectivity index (χ1) is 8.25. The number of rotatable bonds is 1. The van der Waals surface area contributed by atoms with Crippen molar-refractivity contribution in [2.45, 2.75) is 19.3 Å². The van der Waals surface area contributed by atoms with Crippen molar-refractivity contribution < 1.29 is 9.90 Å². The summed E-state index contributed by atoms with van der Waals surface area (Å²) in [5.74, 6) is 0.235. The van der Waals surface area contributed by atoms with Crippen LogP contribution >= 0.6 is 0 Å². The zero-order chi connectivity index (χ0) is 12.1. The Morgan fingerprint density at radius 3 is 3.12 bits per heavy atom. The van der Waals surface area contributed by atoms with Gasteiger partial charge >= 0.3 is 0 Å².